The monoisotopic (exact) mass is 333 g/mol. The maximum atomic E-state index is 11.4. The first kappa shape index (κ1) is 15.5. The minimum atomic E-state index is 0.706. The number of para-hydroxylation sites is 2. The lowest BCUT2D eigenvalue weighted by Crippen LogP contribution is -1.97. The number of nitrogens with zero attached hydrogens (tertiary/aromatic N) is 5. The second-order valence-electron chi connectivity index (χ2n) is 6.32. The van der Waals surface area contributed by atoms with E-state index in [0.717, 1.165) is 51.9 Å². The zero-order valence-corrected chi connectivity index (χ0v) is 14.5. The molecule has 4 aromatic rings. The first-order chi connectivity index (χ1) is 12.1. The van der Waals surface area contributed by atoms with Crippen LogP contribution in [0, 0.1) is 11.8 Å². The van der Waals surface area contributed by atoms with Gasteiger partial charge in [-0.15, -0.1) is 4.91 Å². The number of hydrogen-bond donors (Lipinski definition) is 0. The normalized spacial score (nSPS) is 11.5. The Kier molecular flexibility index (Phi) is 3.60. The van der Waals surface area contributed by atoms with Gasteiger partial charge in [0.15, 0.2) is 0 Å². The molecule has 6 heteroatoms. The standard InChI is InChI=1S/C19H19N5O/c1-4-7-17-21-18-12(2)10-13(11-16(18)24(17)22-25)19-20-14-8-5-6-9-15(14)23(19)3/h5-6,8-11H,4,7H2,1-3H3. The van der Waals surface area contributed by atoms with E-state index in [9.17, 15) is 4.91 Å². The third kappa shape index (κ3) is 2.33. The van der Waals surface area contributed by atoms with Gasteiger partial charge in [-0.3, -0.25) is 0 Å². The summed E-state index contributed by atoms with van der Waals surface area (Å²) in [5, 5.41) is 3.20. The molecule has 0 spiro atoms. The Morgan fingerprint density at radius 2 is 1.92 bits per heavy atom. The Balaban J connectivity index is 1.98. The summed E-state index contributed by atoms with van der Waals surface area (Å²) in [5.74, 6) is 1.57. The summed E-state index contributed by atoms with van der Waals surface area (Å²) in [7, 11) is 2.00. The van der Waals surface area contributed by atoms with Gasteiger partial charge in [0.05, 0.1) is 27.4 Å². The van der Waals surface area contributed by atoms with Crippen molar-refractivity contribution in [2.45, 2.75) is 26.7 Å². The first-order valence-electron chi connectivity index (χ1n) is 8.41. The second-order valence-corrected chi connectivity index (χ2v) is 6.32. The van der Waals surface area contributed by atoms with Crippen LogP contribution in [0.3, 0.4) is 0 Å². The zero-order chi connectivity index (χ0) is 17.6. The summed E-state index contributed by atoms with van der Waals surface area (Å²) >= 11 is 0. The number of nitroso groups, excluding NO2 is 1. The molecule has 126 valence electrons. The van der Waals surface area contributed by atoms with Crippen molar-refractivity contribution in [1.82, 2.24) is 19.2 Å². The van der Waals surface area contributed by atoms with E-state index in [-0.39, 0.29) is 0 Å². The van der Waals surface area contributed by atoms with Crippen molar-refractivity contribution in [2.24, 2.45) is 12.3 Å². The Hall–Kier alpha value is -3.02. The van der Waals surface area contributed by atoms with Gasteiger partial charge in [0.2, 0.25) is 0 Å². The predicted molar refractivity (Wildman–Crippen MR) is 99.4 cm³/mol. The van der Waals surface area contributed by atoms with Crippen LogP contribution in [0.5, 0.6) is 0 Å². The van der Waals surface area contributed by atoms with E-state index in [1.54, 1.807) is 0 Å². The number of benzene rings is 2. The maximum Gasteiger partial charge on any atom is 0.140 e. The molecule has 0 aliphatic heterocycles. The van der Waals surface area contributed by atoms with E-state index in [2.05, 4.69) is 27.8 Å². The van der Waals surface area contributed by atoms with Gasteiger partial charge in [-0.2, -0.15) is 4.68 Å². The van der Waals surface area contributed by atoms with Crippen LogP contribution >= 0.6 is 0 Å². The average Bonchev–Trinajstić information content (AvgIpc) is 3.13. The lowest BCUT2D eigenvalue weighted by Gasteiger charge is -2.05. The Bertz CT molecular complexity index is 1110. The van der Waals surface area contributed by atoms with E-state index in [0.29, 0.717) is 5.82 Å². The molecule has 0 bridgehead atoms. The maximum absolute atomic E-state index is 11.4. The summed E-state index contributed by atoms with van der Waals surface area (Å²) in [6, 6.07) is 12.1. The largest absolute Gasteiger partial charge is 0.327 e. The van der Waals surface area contributed by atoms with E-state index < -0.39 is 0 Å². The molecule has 25 heavy (non-hydrogen) atoms. The average molecular weight is 333 g/mol. The minimum absolute atomic E-state index is 0.706. The summed E-state index contributed by atoms with van der Waals surface area (Å²) in [6.45, 7) is 4.07. The molecule has 2 aromatic carbocycles. The molecule has 0 fully saturated rings. The Morgan fingerprint density at radius 1 is 1.12 bits per heavy atom. The molecule has 0 aliphatic rings. The molecular formula is C19H19N5O. The number of hydrogen-bond acceptors (Lipinski definition) is 4. The van der Waals surface area contributed by atoms with Crippen LogP contribution in [-0.2, 0) is 13.5 Å². The van der Waals surface area contributed by atoms with Crippen molar-refractivity contribution in [3.8, 4) is 11.4 Å². The minimum Gasteiger partial charge on any atom is -0.327 e. The van der Waals surface area contributed by atoms with Crippen molar-refractivity contribution in [2.75, 3.05) is 0 Å². The summed E-state index contributed by atoms with van der Waals surface area (Å²) in [6.07, 6.45) is 1.64. The molecule has 0 saturated heterocycles. The fraction of sp³-hybridized carbons (Fsp3) is 0.263. The molecule has 2 aromatic heterocycles. The highest BCUT2D eigenvalue weighted by molar-refractivity contribution is 5.87. The van der Waals surface area contributed by atoms with Crippen LogP contribution in [0.2, 0.25) is 0 Å². The van der Waals surface area contributed by atoms with Crippen molar-refractivity contribution in [1.29, 1.82) is 0 Å². The van der Waals surface area contributed by atoms with Crippen LogP contribution in [0.4, 0.5) is 0 Å². The van der Waals surface area contributed by atoms with Gasteiger partial charge in [0.25, 0.3) is 0 Å². The van der Waals surface area contributed by atoms with Crippen LogP contribution in [0.1, 0.15) is 24.7 Å². The number of imidazole rings is 2. The molecule has 0 N–H and O–H groups in total. The van der Waals surface area contributed by atoms with Crippen LogP contribution in [0.15, 0.2) is 41.7 Å². The lowest BCUT2D eigenvalue weighted by molar-refractivity contribution is 0.753. The highest BCUT2D eigenvalue weighted by atomic mass is 16.3. The summed E-state index contributed by atoms with van der Waals surface area (Å²) < 4.78 is 3.48. The quantitative estimate of drug-likeness (QED) is 0.521. The molecule has 0 aliphatic carbocycles. The number of rotatable bonds is 4. The highest BCUT2D eigenvalue weighted by Crippen LogP contribution is 2.29. The van der Waals surface area contributed by atoms with Crippen molar-refractivity contribution in [3.05, 3.63) is 52.7 Å². The molecule has 0 amide bonds. The number of aromatic nitrogens is 4. The highest BCUT2D eigenvalue weighted by Gasteiger charge is 2.17. The van der Waals surface area contributed by atoms with Crippen molar-refractivity contribution in [3.63, 3.8) is 0 Å². The number of fused-ring (bicyclic) bond motifs is 2. The Labute approximate surface area is 145 Å². The SMILES string of the molecule is CCCc1nc2c(C)cc(-c3nc4ccccc4n3C)cc2n1N=O. The van der Waals surface area contributed by atoms with Crippen LogP contribution < -0.4 is 0 Å². The van der Waals surface area contributed by atoms with Gasteiger partial charge < -0.3 is 4.57 Å². The van der Waals surface area contributed by atoms with E-state index in [1.807, 2.05) is 44.3 Å². The zero-order valence-electron chi connectivity index (χ0n) is 14.5. The smallest absolute Gasteiger partial charge is 0.140 e. The second kappa shape index (κ2) is 5.81. The lowest BCUT2D eigenvalue weighted by atomic mass is 10.1. The third-order valence-electron chi connectivity index (χ3n) is 4.59. The molecule has 6 nitrogen and oxygen atoms in total. The van der Waals surface area contributed by atoms with Gasteiger partial charge in [-0.05, 0) is 43.2 Å². The molecule has 0 radical (unpaired) electrons. The van der Waals surface area contributed by atoms with E-state index in [4.69, 9.17) is 4.98 Å². The molecule has 2 heterocycles. The van der Waals surface area contributed by atoms with Crippen LogP contribution in [0.25, 0.3) is 33.5 Å². The van der Waals surface area contributed by atoms with Gasteiger partial charge >= 0.3 is 0 Å². The van der Waals surface area contributed by atoms with E-state index >= 15 is 0 Å². The van der Waals surface area contributed by atoms with Gasteiger partial charge in [0, 0.05) is 19.0 Å². The number of aryl methyl sites for hydroxylation is 3. The molecule has 4 rings (SSSR count). The Morgan fingerprint density at radius 3 is 2.64 bits per heavy atom. The fourth-order valence-corrected chi connectivity index (χ4v) is 3.39. The summed E-state index contributed by atoms with van der Waals surface area (Å²) in [5.41, 5.74) is 5.55. The predicted octanol–water partition coefficient (Wildman–Crippen LogP) is 4.38. The van der Waals surface area contributed by atoms with Crippen molar-refractivity contribution < 1.29 is 0 Å². The van der Waals surface area contributed by atoms with E-state index in [1.165, 1.54) is 4.68 Å². The molecular weight excluding hydrogens is 314 g/mol. The fourth-order valence-electron chi connectivity index (χ4n) is 3.39. The third-order valence-corrected chi connectivity index (χ3v) is 4.59. The molecule has 0 atom stereocenters. The topological polar surface area (TPSA) is 65.1 Å². The molecule has 0 unspecified atom stereocenters. The summed E-state index contributed by atoms with van der Waals surface area (Å²) in [4.78, 5) is 20.8. The van der Waals surface area contributed by atoms with Gasteiger partial charge in [-0.1, -0.05) is 19.1 Å². The van der Waals surface area contributed by atoms with Gasteiger partial charge in [0.1, 0.15) is 11.6 Å². The molecule has 0 saturated carbocycles. The van der Waals surface area contributed by atoms with Crippen LogP contribution in [-0.4, -0.2) is 19.2 Å². The first-order valence-corrected chi connectivity index (χ1v) is 8.41. The van der Waals surface area contributed by atoms with Gasteiger partial charge in [-0.25, -0.2) is 9.97 Å². The van der Waals surface area contributed by atoms with Crippen molar-refractivity contribution >= 4 is 22.1 Å².